The topological polar surface area (TPSA) is 92.8 Å². The Hall–Kier alpha value is -1.92. The summed E-state index contributed by atoms with van der Waals surface area (Å²) in [6, 6.07) is -0.589. The maximum atomic E-state index is 12.9. The van der Waals surface area contributed by atoms with Gasteiger partial charge in [0.15, 0.2) is 12.4 Å². The Kier molecular flexibility index (Phi) is 4.31. The van der Waals surface area contributed by atoms with Crippen LogP contribution in [-0.4, -0.2) is 47.3 Å². The van der Waals surface area contributed by atoms with Crippen LogP contribution in [0.5, 0.6) is 0 Å². The van der Waals surface area contributed by atoms with Crippen molar-refractivity contribution < 1.29 is 23.9 Å². The third-order valence-electron chi connectivity index (χ3n) is 7.33. The summed E-state index contributed by atoms with van der Waals surface area (Å²) in [5, 5.41) is 2.60. The first-order chi connectivity index (χ1) is 12.7. The summed E-state index contributed by atoms with van der Waals surface area (Å²) in [7, 11) is 0. The predicted octanol–water partition coefficient (Wildman–Crippen LogP) is 2.04. The van der Waals surface area contributed by atoms with E-state index in [1.54, 1.807) is 13.8 Å². The van der Waals surface area contributed by atoms with E-state index in [9.17, 15) is 19.2 Å². The van der Waals surface area contributed by atoms with Gasteiger partial charge in [0.25, 0.3) is 5.91 Å². The number of hydrogen-bond donors (Lipinski definition) is 1. The molecule has 4 bridgehead atoms. The highest BCUT2D eigenvalue weighted by Gasteiger charge is 2.54. The largest absolute Gasteiger partial charge is 0.456 e. The molecule has 4 aliphatic carbocycles. The molecule has 5 aliphatic rings. The van der Waals surface area contributed by atoms with Crippen molar-refractivity contribution in [2.24, 2.45) is 23.2 Å². The molecular weight excluding hydrogens is 348 g/mol. The second kappa shape index (κ2) is 6.31. The van der Waals surface area contributed by atoms with Gasteiger partial charge in [0.05, 0.1) is 0 Å². The minimum Gasteiger partial charge on any atom is -0.456 e. The van der Waals surface area contributed by atoms with Gasteiger partial charge in [-0.2, -0.15) is 0 Å². The average Bonchev–Trinajstić information content (AvgIpc) is 2.82. The molecule has 1 heterocycles. The molecule has 0 unspecified atom stereocenters. The zero-order chi connectivity index (χ0) is 19.4. The van der Waals surface area contributed by atoms with E-state index in [2.05, 4.69) is 5.32 Å². The smallest absolute Gasteiger partial charge is 0.326 e. The fourth-order valence-corrected chi connectivity index (χ4v) is 6.06. The van der Waals surface area contributed by atoms with E-state index in [0.717, 1.165) is 24.2 Å². The molecule has 5 rings (SSSR count). The highest BCUT2D eigenvalue weighted by molar-refractivity contribution is 6.08. The van der Waals surface area contributed by atoms with Crippen LogP contribution in [0.1, 0.15) is 58.8 Å². The Morgan fingerprint density at radius 3 is 2.15 bits per heavy atom. The molecule has 4 saturated carbocycles. The number of Topliss-reactive ketones (excluding diaryl/α,β-unsaturated/α-hetero) is 1. The second-order valence-corrected chi connectivity index (χ2v) is 9.29. The van der Waals surface area contributed by atoms with Crippen LogP contribution < -0.4 is 5.32 Å². The first kappa shape index (κ1) is 18.4. The summed E-state index contributed by atoms with van der Waals surface area (Å²) in [6.45, 7) is 2.73. The monoisotopic (exact) mass is 376 g/mol. The maximum absolute atomic E-state index is 12.9. The van der Waals surface area contributed by atoms with Gasteiger partial charge in [0.1, 0.15) is 12.1 Å². The molecule has 1 saturated heterocycles. The van der Waals surface area contributed by atoms with Crippen LogP contribution in [0.4, 0.5) is 4.79 Å². The molecule has 5 fully saturated rings. The number of hydrogen-bond acceptors (Lipinski definition) is 5. The van der Waals surface area contributed by atoms with Crippen molar-refractivity contribution in [3.05, 3.63) is 0 Å². The molecule has 1 N–H and O–H groups in total. The number of nitrogens with one attached hydrogen (secondary N) is 1. The number of ketones is 1. The van der Waals surface area contributed by atoms with Crippen LogP contribution in [0.15, 0.2) is 0 Å². The van der Waals surface area contributed by atoms with Gasteiger partial charge in [-0.25, -0.2) is 4.79 Å². The van der Waals surface area contributed by atoms with Gasteiger partial charge in [-0.05, 0) is 69.6 Å². The third kappa shape index (κ3) is 3.05. The molecule has 0 aromatic rings. The first-order valence-electron chi connectivity index (χ1n) is 10.1. The molecule has 0 aromatic heterocycles. The fraction of sp³-hybridized carbons (Fsp3) is 0.800. The molecule has 1 atom stereocenters. The van der Waals surface area contributed by atoms with Crippen LogP contribution in [0.3, 0.4) is 0 Å². The number of rotatable bonds is 6. The van der Waals surface area contributed by atoms with Gasteiger partial charge in [0, 0.05) is 5.41 Å². The zero-order valence-corrected chi connectivity index (χ0v) is 16.1. The predicted molar refractivity (Wildman–Crippen MR) is 95.5 cm³/mol. The molecule has 7 heteroatoms. The van der Waals surface area contributed by atoms with Crippen LogP contribution in [0, 0.1) is 23.2 Å². The first-order valence-corrected chi connectivity index (χ1v) is 10.1. The van der Waals surface area contributed by atoms with Crippen molar-refractivity contribution in [2.75, 3.05) is 13.2 Å². The van der Waals surface area contributed by atoms with E-state index >= 15 is 0 Å². The lowest BCUT2D eigenvalue weighted by Gasteiger charge is -2.55. The van der Waals surface area contributed by atoms with Crippen molar-refractivity contribution in [1.29, 1.82) is 0 Å². The van der Waals surface area contributed by atoms with Gasteiger partial charge in [-0.15, -0.1) is 0 Å². The van der Waals surface area contributed by atoms with Crippen molar-refractivity contribution in [3.8, 4) is 0 Å². The normalized spacial score (nSPS) is 39.6. The SMILES string of the molecule is CC[C@]1(C)NC(=O)N(CC(=O)OCC(=O)C23CC4CC(CC(C4)C2)C3)C1=O. The third-order valence-corrected chi connectivity index (χ3v) is 7.33. The molecule has 3 amide bonds. The standard InChI is InChI=1S/C20H28N2O5/c1-3-19(2)17(25)22(18(26)21-19)10-16(24)27-11-15(23)20-7-12-4-13(8-20)6-14(5-12)9-20/h12-14H,3-11H2,1-2H3,(H,21,26)/t12?,13?,14?,19-,20?/m0/s1. The molecular formula is C20H28N2O5. The summed E-state index contributed by atoms with van der Waals surface area (Å²) < 4.78 is 5.19. The lowest BCUT2D eigenvalue weighted by atomic mass is 9.48. The lowest BCUT2D eigenvalue weighted by Crippen LogP contribution is -2.51. The summed E-state index contributed by atoms with van der Waals surface area (Å²) in [4.78, 5) is 50.2. The van der Waals surface area contributed by atoms with Gasteiger partial charge in [0.2, 0.25) is 0 Å². The van der Waals surface area contributed by atoms with Crippen molar-refractivity contribution in [1.82, 2.24) is 10.2 Å². The van der Waals surface area contributed by atoms with E-state index in [4.69, 9.17) is 4.74 Å². The van der Waals surface area contributed by atoms with Gasteiger partial charge in [-0.1, -0.05) is 6.92 Å². The Morgan fingerprint density at radius 2 is 1.67 bits per heavy atom. The highest BCUT2D eigenvalue weighted by Crippen LogP contribution is 2.60. The Labute approximate surface area is 159 Å². The number of ether oxygens (including phenoxy) is 1. The molecule has 7 nitrogen and oxygen atoms in total. The van der Waals surface area contributed by atoms with Crippen molar-refractivity contribution >= 4 is 23.7 Å². The fourth-order valence-electron chi connectivity index (χ4n) is 6.06. The van der Waals surface area contributed by atoms with Crippen LogP contribution in [-0.2, 0) is 19.1 Å². The molecule has 0 aromatic carbocycles. The van der Waals surface area contributed by atoms with E-state index < -0.39 is 30.0 Å². The Balaban J connectivity index is 1.33. The van der Waals surface area contributed by atoms with Crippen molar-refractivity contribution in [3.63, 3.8) is 0 Å². The van der Waals surface area contributed by atoms with Crippen LogP contribution >= 0.6 is 0 Å². The van der Waals surface area contributed by atoms with Gasteiger partial charge < -0.3 is 10.1 Å². The van der Waals surface area contributed by atoms with Crippen LogP contribution in [0.25, 0.3) is 0 Å². The molecule has 148 valence electrons. The van der Waals surface area contributed by atoms with E-state index in [1.165, 1.54) is 19.3 Å². The van der Waals surface area contributed by atoms with Crippen LogP contribution in [0.2, 0.25) is 0 Å². The lowest BCUT2D eigenvalue weighted by molar-refractivity contribution is -0.158. The zero-order valence-electron chi connectivity index (χ0n) is 16.1. The molecule has 0 spiro atoms. The number of urea groups is 1. The van der Waals surface area contributed by atoms with E-state index in [1.807, 2.05) is 0 Å². The van der Waals surface area contributed by atoms with E-state index in [-0.39, 0.29) is 17.8 Å². The number of esters is 1. The number of carbonyl (C=O) groups excluding carboxylic acids is 4. The number of amides is 3. The van der Waals surface area contributed by atoms with Crippen molar-refractivity contribution in [2.45, 2.75) is 64.3 Å². The average molecular weight is 376 g/mol. The molecule has 27 heavy (non-hydrogen) atoms. The highest BCUT2D eigenvalue weighted by atomic mass is 16.5. The summed E-state index contributed by atoms with van der Waals surface area (Å²) >= 11 is 0. The van der Waals surface area contributed by atoms with Gasteiger partial charge >= 0.3 is 12.0 Å². The molecule has 1 aliphatic heterocycles. The quantitative estimate of drug-likeness (QED) is 0.566. The number of imide groups is 1. The minimum atomic E-state index is -0.980. The van der Waals surface area contributed by atoms with Gasteiger partial charge in [-0.3, -0.25) is 19.3 Å². The molecule has 0 radical (unpaired) electrons. The summed E-state index contributed by atoms with van der Waals surface area (Å²) in [5.74, 6) is 0.817. The summed E-state index contributed by atoms with van der Waals surface area (Å²) in [5.41, 5.74) is -1.29. The number of nitrogens with zero attached hydrogens (tertiary/aromatic N) is 1. The van der Waals surface area contributed by atoms with E-state index in [0.29, 0.717) is 24.2 Å². The maximum Gasteiger partial charge on any atom is 0.326 e. The minimum absolute atomic E-state index is 0.0190. The Morgan fingerprint density at radius 1 is 1.11 bits per heavy atom. The second-order valence-electron chi connectivity index (χ2n) is 9.29. The number of carbonyl (C=O) groups is 4. The Bertz CT molecular complexity index is 667. The summed E-state index contributed by atoms with van der Waals surface area (Å²) in [6.07, 6.45) is 6.96.